The zero-order valence-electron chi connectivity index (χ0n) is 21.4. The maximum absolute atomic E-state index is 13.8. The van der Waals surface area contributed by atoms with Gasteiger partial charge in [0.05, 0.1) is 5.69 Å². The van der Waals surface area contributed by atoms with Crippen LogP contribution in [0.3, 0.4) is 0 Å². The molecule has 2 aliphatic rings. The Balaban J connectivity index is 1.32. The van der Waals surface area contributed by atoms with Gasteiger partial charge in [-0.05, 0) is 67.5 Å². The SMILES string of the molecule is O=C(OC1C2=C(CCCC2)C(=O)N1CCc1ccc(Cl)cc1)c1cn(-c2ccccc2)nc1-c1ccccc1. The quantitative estimate of drug-likeness (QED) is 0.248. The van der Waals surface area contributed by atoms with E-state index in [1.165, 1.54) is 0 Å². The average Bonchev–Trinajstić information content (AvgIpc) is 3.54. The summed E-state index contributed by atoms with van der Waals surface area (Å²) in [5.41, 5.74) is 5.37. The zero-order valence-corrected chi connectivity index (χ0v) is 22.2. The second-order valence-electron chi connectivity index (χ2n) is 9.88. The summed E-state index contributed by atoms with van der Waals surface area (Å²) in [7, 11) is 0. The van der Waals surface area contributed by atoms with Gasteiger partial charge in [0.1, 0.15) is 11.3 Å². The lowest BCUT2D eigenvalue weighted by atomic mass is 9.93. The smallest absolute Gasteiger partial charge is 0.344 e. The van der Waals surface area contributed by atoms with E-state index in [9.17, 15) is 9.59 Å². The summed E-state index contributed by atoms with van der Waals surface area (Å²) in [6, 6.07) is 26.9. The minimum absolute atomic E-state index is 0.0280. The number of amides is 1. The number of carbonyl (C=O) groups is 2. The number of benzene rings is 3. The van der Waals surface area contributed by atoms with Crippen LogP contribution in [-0.4, -0.2) is 39.3 Å². The molecule has 0 N–H and O–H groups in total. The standard InChI is InChI=1S/C32H28ClN3O3/c33-24-17-15-22(16-18-24)19-20-35-30(37)26-13-7-8-14-27(26)31(35)39-32(38)28-21-36(25-11-5-2-6-12-25)34-29(28)23-9-3-1-4-10-23/h1-6,9-12,15-18,21,31H,7-8,13-14,19-20H2. The second kappa shape index (κ2) is 10.9. The van der Waals surface area contributed by atoms with E-state index in [-0.39, 0.29) is 5.91 Å². The summed E-state index contributed by atoms with van der Waals surface area (Å²) < 4.78 is 7.90. The lowest BCUT2D eigenvalue weighted by Crippen LogP contribution is -2.40. The molecule has 6 rings (SSSR count). The Hall–Kier alpha value is -4.16. The Morgan fingerprint density at radius 3 is 2.36 bits per heavy atom. The highest BCUT2D eigenvalue weighted by atomic mass is 35.5. The topological polar surface area (TPSA) is 64.4 Å². The molecule has 3 aromatic carbocycles. The van der Waals surface area contributed by atoms with Crippen molar-refractivity contribution >= 4 is 23.5 Å². The number of hydrogen-bond acceptors (Lipinski definition) is 4. The molecule has 0 saturated heterocycles. The van der Waals surface area contributed by atoms with Crippen molar-refractivity contribution in [1.29, 1.82) is 0 Å². The molecule has 0 radical (unpaired) electrons. The Kier molecular flexibility index (Phi) is 7.03. The number of hydrogen-bond donors (Lipinski definition) is 0. The molecular formula is C32H28ClN3O3. The fraction of sp³-hybridized carbons (Fsp3) is 0.219. The molecule has 0 fully saturated rings. The molecule has 0 saturated carbocycles. The maximum Gasteiger partial charge on any atom is 0.344 e. The van der Waals surface area contributed by atoms with E-state index in [2.05, 4.69) is 0 Å². The number of aromatic nitrogens is 2. The third-order valence-corrected chi connectivity index (χ3v) is 7.64. The highest BCUT2D eigenvalue weighted by molar-refractivity contribution is 6.30. The Morgan fingerprint density at radius 2 is 1.62 bits per heavy atom. The number of rotatable bonds is 7. The van der Waals surface area contributed by atoms with Gasteiger partial charge in [-0.3, -0.25) is 9.69 Å². The fourth-order valence-corrected chi connectivity index (χ4v) is 5.50. The van der Waals surface area contributed by atoms with Gasteiger partial charge in [-0.15, -0.1) is 0 Å². The van der Waals surface area contributed by atoms with Crippen LogP contribution in [0.15, 0.2) is 102 Å². The van der Waals surface area contributed by atoms with Gasteiger partial charge >= 0.3 is 5.97 Å². The number of ether oxygens (including phenoxy) is 1. The van der Waals surface area contributed by atoms with E-state index in [1.54, 1.807) is 15.8 Å². The molecule has 39 heavy (non-hydrogen) atoms. The van der Waals surface area contributed by atoms with E-state index in [4.69, 9.17) is 21.4 Å². The minimum atomic E-state index is -0.712. The lowest BCUT2D eigenvalue weighted by Gasteiger charge is -2.27. The molecule has 1 unspecified atom stereocenters. The molecule has 1 amide bonds. The van der Waals surface area contributed by atoms with Gasteiger partial charge in [0.15, 0.2) is 0 Å². The molecule has 1 aliphatic heterocycles. The first-order chi connectivity index (χ1) is 19.1. The summed E-state index contributed by atoms with van der Waals surface area (Å²) in [6.45, 7) is 0.445. The molecule has 0 spiro atoms. The average molecular weight is 538 g/mol. The van der Waals surface area contributed by atoms with Gasteiger partial charge in [0.25, 0.3) is 5.91 Å². The second-order valence-corrected chi connectivity index (χ2v) is 10.3. The first-order valence-electron chi connectivity index (χ1n) is 13.3. The monoisotopic (exact) mass is 537 g/mol. The van der Waals surface area contributed by atoms with Crippen molar-refractivity contribution in [1.82, 2.24) is 14.7 Å². The first kappa shape index (κ1) is 25.1. The highest BCUT2D eigenvalue weighted by Gasteiger charge is 2.42. The number of carbonyl (C=O) groups excluding carboxylic acids is 2. The molecular weight excluding hydrogens is 510 g/mol. The number of esters is 1. The summed E-state index contributed by atoms with van der Waals surface area (Å²) in [5.74, 6) is -0.524. The van der Waals surface area contributed by atoms with Crippen LogP contribution in [-0.2, 0) is 16.0 Å². The maximum atomic E-state index is 13.8. The van der Waals surface area contributed by atoms with Crippen LogP contribution < -0.4 is 0 Å². The number of nitrogens with zero attached hydrogens (tertiary/aromatic N) is 3. The van der Waals surface area contributed by atoms with Crippen LogP contribution in [0.1, 0.15) is 41.6 Å². The zero-order chi connectivity index (χ0) is 26.8. The van der Waals surface area contributed by atoms with E-state index in [0.717, 1.165) is 53.6 Å². The Bertz CT molecular complexity index is 1530. The third-order valence-electron chi connectivity index (χ3n) is 7.39. The van der Waals surface area contributed by atoms with Crippen LogP contribution in [0.5, 0.6) is 0 Å². The molecule has 1 aliphatic carbocycles. The molecule has 2 heterocycles. The van der Waals surface area contributed by atoms with Crippen LogP contribution >= 0.6 is 11.6 Å². The van der Waals surface area contributed by atoms with E-state index in [1.807, 2.05) is 84.9 Å². The normalized spacial score (nSPS) is 16.9. The predicted molar refractivity (Wildman–Crippen MR) is 151 cm³/mol. The van der Waals surface area contributed by atoms with Crippen molar-refractivity contribution in [3.8, 4) is 16.9 Å². The molecule has 1 atom stereocenters. The molecule has 4 aromatic rings. The minimum Gasteiger partial charge on any atom is -0.434 e. The van der Waals surface area contributed by atoms with E-state index in [0.29, 0.717) is 29.2 Å². The predicted octanol–water partition coefficient (Wildman–Crippen LogP) is 6.63. The largest absolute Gasteiger partial charge is 0.434 e. The lowest BCUT2D eigenvalue weighted by molar-refractivity contribution is -0.132. The van der Waals surface area contributed by atoms with Gasteiger partial charge < -0.3 is 4.74 Å². The number of halogens is 1. The summed E-state index contributed by atoms with van der Waals surface area (Å²) in [6.07, 6.45) is 5.07. The fourth-order valence-electron chi connectivity index (χ4n) is 5.38. The van der Waals surface area contributed by atoms with Crippen LogP contribution in [0.4, 0.5) is 0 Å². The summed E-state index contributed by atoms with van der Waals surface area (Å²) in [5, 5.41) is 5.43. The summed E-state index contributed by atoms with van der Waals surface area (Å²) >= 11 is 6.05. The highest BCUT2D eigenvalue weighted by Crippen LogP contribution is 2.38. The van der Waals surface area contributed by atoms with E-state index >= 15 is 0 Å². The van der Waals surface area contributed by atoms with Gasteiger partial charge in [-0.2, -0.15) is 5.10 Å². The first-order valence-corrected chi connectivity index (χ1v) is 13.6. The molecule has 1 aromatic heterocycles. The van der Waals surface area contributed by atoms with Crippen molar-refractivity contribution in [2.24, 2.45) is 0 Å². The Labute approximate surface area is 232 Å². The third kappa shape index (κ3) is 5.12. The van der Waals surface area contributed by atoms with Gasteiger partial charge in [0.2, 0.25) is 6.23 Å². The van der Waals surface area contributed by atoms with E-state index < -0.39 is 12.2 Å². The molecule has 6 nitrogen and oxygen atoms in total. The van der Waals surface area contributed by atoms with Gasteiger partial charge in [0, 0.05) is 28.9 Å². The molecule has 196 valence electrons. The Morgan fingerprint density at radius 1 is 0.923 bits per heavy atom. The number of para-hydroxylation sites is 1. The van der Waals surface area contributed by atoms with Crippen LogP contribution in [0.25, 0.3) is 16.9 Å². The van der Waals surface area contributed by atoms with Gasteiger partial charge in [-0.1, -0.05) is 72.3 Å². The van der Waals surface area contributed by atoms with Crippen LogP contribution in [0, 0.1) is 0 Å². The summed E-state index contributed by atoms with van der Waals surface area (Å²) in [4.78, 5) is 29.0. The van der Waals surface area contributed by atoms with Crippen molar-refractivity contribution in [3.05, 3.63) is 118 Å². The van der Waals surface area contributed by atoms with Gasteiger partial charge in [-0.25, -0.2) is 9.48 Å². The molecule has 7 heteroatoms. The van der Waals surface area contributed by atoms with Crippen molar-refractivity contribution < 1.29 is 14.3 Å². The van der Waals surface area contributed by atoms with Crippen molar-refractivity contribution in [2.45, 2.75) is 38.3 Å². The van der Waals surface area contributed by atoms with Crippen LogP contribution in [0.2, 0.25) is 5.02 Å². The van der Waals surface area contributed by atoms with Crippen molar-refractivity contribution in [2.75, 3.05) is 6.54 Å². The van der Waals surface area contributed by atoms with Crippen molar-refractivity contribution in [3.63, 3.8) is 0 Å². The molecule has 0 bridgehead atoms.